The van der Waals surface area contributed by atoms with Crippen molar-refractivity contribution in [3.8, 4) is 0 Å². The van der Waals surface area contributed by atoms with Gasteiger partial charge in [-0.25, -0.2) is 13.8 Å². The highest BCUT2D eigenvalue weighted by atomic mass is 32.2. The van der Waals surface area contributed by atoms with Crippen molar-refractivity contribution in [2.24, 2.45) is 0 Å². The average Bonchev–Trinajstić information content (AvgIpc) is 2.20. The van der Waals surface area contributed by atoms with Gasteiger partial charge in [0.2, 0.25) is 5.95 Å². The smallest absolute Gasteiger partial charge is 0.250 e. The lowest BCUT2D eigenvalue weighted by Gasteiger charge is -2.02. The molecule has 0 N–H and O–H groups in total. The molecule has 0 radical (unpaired) electrons. The molecule has 1 rings (SSSR count). The number of pyridine rings is 1. The number of methoxy groups -OCH3 is 1. The van der Waals surface area contributed by atoms with E-state index in [1.165, 1.54) is 0 Å². The molecule has 6 heteroatoms. The maximum absolute atomic E-state index is 13.0. The van der Waals surface area contributed by atoms with Crippen LogP contribution in [0.4, 0.5) is 13.2 Å². The SMILES string of the molecule is COCCCSc1nc(F)c(F)cc1F. The molecule has 84 valence electrons. The number of nitrogens with zero attached hydrogens (tertiary/aromatic N) is 1. The van der Waals surface area contributed by atoms with Crippen LogP contribution in [0.2, 0.25) is 0 Å². The minimum Gasteiger partial charge on any atom is -0.385 e. The predicted molar refractivity (Wildman–Crippen MR) is 51.3 cm³/mol. The molecule has 0 aliphatic carbocycles. The predicted octanol–water partition coefficient (Wildman–Crippen LogP) is 2.63. The second-order valence-electron chi connectivity index (χ2n) is 2.74. The number of hydrogen-bond donors (Lipinski definition) is 0. The minimum atomic E-state index is -1.27. The first-order valence-electron chi connectivity index (χ1n) is 4.28. The number of halogens is 3. The molecular formula is C9H10F3NOS. The van der Waals surface area contributed by atoms with Crippen molar-refractivity contribution in [2.75, 3.05) is 19.5 Å². The van der Waals surface area contributed by atoms with Crippen LogP contribution in [0, 0.1) is 17.6 Å². The molecule has 2 nitrogen and oxygen atoms in total. The lowest BCUT2D eigenvalue weighted by molar-refractivity contribution is 0.200. The van der Waals surface area contributed by atoms with E-state index in [1.807, 2.05) is 0 Å². The molecule has 0 aliphatic heterocycles. The third kappa shape index (κ3) is 3.71. The second kappa shape index (κ2) is 5.97. The first kappa shape index (κ1) is 12.3. The van der Waals surface area contributed by atoms with Crippen LogP contribution in [-0.2, 0) is 4.74 Å². The molecule has 0 saturated carbocycles. The van der Waals surface area contributed by atoms with Crippen LogP contribution in [0.5, 0.6) is 0 Å². The van der Waals surface area contributed by atoms with E-state index in [9.17, 15) is 13.2 Å². The Morgan fingerprint density at radius 3 is 2.73 bits per heavy atom. The Hall–Kier alpha value is -0.750. The normalized spacial score (nSPS) is 10.7. The van der Waals surface area contributed by atoms with Crippen molar-refractivity contribution >= 4 is 11.8 Å². The molecule has 0 saturated heterocycles. The summed E-state index contributed by atoms with van der Waals surface area (Å²) in [4.78, 5) is 3.18. The van der Waals surface area contributed by atoms with Crippen LogP contribution in [0.3, 0.4) is 0 Å². The van der Waals surface area contributed by atoms with Crippen LogP contribution in [0.25, 0.3) is 0 Å². The standard InChI is InChI=1S/C9H10F3NOS/c1-14-3-2-4-15-9-7(11)5-6(10)8(12)13-9/h5H,2-4H2,1H3. The van der Waals surface area contributed by atoms with Gasteiger partial charge in [-0.3, -0.25) is 0 Å². The van der Waals surface area contributed by atoms with Crippen LogP contribution in [0.15, 0.2) is 11.1 Å². The van der Waals surface area contributed by atoms with Gasteiger partial charge < -0.3 is 4.74 Å². The topological polar surface area (TPSA) is 22.1 Å². The van der Waals surface area contributed by atoms with Crippen molar-refractivity contribution in [3.63, 3.8) is 0 Å². The summed E-state index contributed by atoms with van der Waals surface area (Å²) in [6.45, 7) is 0.540. The lowest BCUT2D eigenvalue weighted by atomic mass is 10.4. The highest BCUT2D eigenvalue weighted by Gasteiger charge is 2.11. The van der Waals surface area contributed by atoms with Crippen molar-refractivity contribution < 1.29 is 17.9 Å². The van der Waals surface area contributed by atoms with E-state index in [0.29, 0.717) is 24.8 Å². The molecule has 1 aromatic heterocycles. The van der Waals surface area contributed by atoms with Gasteiger partial charge in [0.05, 0.1) is 0 Å². The average molecular weight is 237 g/mol. The fourth-order valence-corrected chi connectivity index (χ4v) is 1.70. The van der Waals surface area contributed by atoms with E-state index in [2.05, 4.69) is 4.98 Å². The molecule has 0 unspecified atom stereocenters. The zero-order valence-electron chi connectivity index (χ0n) is 8.10. The van der Waals surface area contributed by atoms with Crippen LogP contribution < -0.4 is 0 Å². The Morgan fingerprint density at radius 1 is 1.33 bits per heavy atom. The van der Waals surface area contributed by atoms with Crippen molar-refractivity contribution in [1.29, 1.82) is 0 Å². The molecule has 0 aliphatic rings. The largest absolute Gasteiger partial charge is 0.385 e. The summed E-state index contributed by atoms with van der Waals surface area (Å²) in [7, 11) is 1.56. The van der Waals surface area contributed by atoms with Gasteiger partial charge in [0.25, 0.3) is 0 Å². The van der Waals surface area contributed by atoms with E-state index in [4.69, 9.17) is 4.74 Å². The van der Waals surface area contributed by atoms with Gasteiger partial charge in [0.15, 0.2) is 11.6 Å². The Morgan fingerprint density at radius 2 is 2.07 bits per heavy atom. The minimum absolute atomic E-state index is 0.120. The molecule has 0 amide bonds. The van der Waals surface area contributed by atoms with Gasteiger partial charge in [-0.2, -0.15) is 4.39 Å². The lowest BCUT2D eigenvalue weighted by Crippen LogP contribution is -1.97. The van der Waals surface area contributed by atoms with Gasteiger partial charge >= 0.3 is 0 Å². The van der Waals surface area contributed by atoms with Gasteiger partial charge in [0.1, 0.15) is 5.03 Å². The van der Waals surface area contributed by atoms with E-state index in [-0.39, 0.29) is 5.03 Å². The first-order valence-corrected chi connectivity index (χ1v) is 5.27. The molecule has 0 spiro atoms. The third-order valence-corrected chi connectivity index (χ3v) is 2.64. The Balaban J connectivity index is 2.57. The molecular weight excluding hydrogens is 227 g/mol. The summed E-state index contributed by atoms with van der Waals surface area (Å²) in [5.74, 6) is -2.83. The summed E-state index contributed by atoms with van der Waals surface area (Å²) >= 11 is 1.04. The molecule has 0 fully saturated rings. The van der Waals surface area contributed by atoms with Crippen LogP contribution >= 0.6 is 11.8 Å². The van der Waals surface area contributed by atoms with E-state index in [0.717, 1.165) is 11.8 Å². The van der Waals surface area contributed by atoms with Crippen molar-refractivity contribution in [1.82, 2.24) is 4.98 Å². The quantitative estimate of drug-likeness (QED) is 0.446. The summed E-state index contributed by atoms with van der Waals surface area (Å²) in [5.41, 5.74) is 0. The Labute approximate surface area is 89.8 Å². The molecule has 1 heterocycles. The molecule has 1 aromatic rings. The monoisotopic (exact) mass is 237 g/mol. The number of rotatable bonds is 5. The number of hydrogen-bond acceptors (Lipinski definition) is 3. The van der Waals surface area contributed by atoms with Crippen LogP contribution in [-0.4, -0.2) is 24.5 Å². The van der Waals surface area contributed by atoms with Crippen molar-refractivity contribution in [2.45, 2.75) is 11.4 Å². The molecule has 0 atom stereocenters. The van der Waals surface area contributed by atoms with E-state index < -0.39 is 17.6 Å². The van der Waals surface area contributed by atoms with E-state index in [1.54, 1.807) is 7.11 Å². The zero-order valence-corrected chi connectivity index (χ0v) is 8.91. The number of ether oxygens (including phenoxy) is 1. The Bertz CT molecular complexity index is 335. The maximum atomic E-state index is 13.0. The highest BCUT2D eigenvalue weighted by Crippen LogP contribution is 2.21. The first-order chi connectivity index (χ1) is 7.15. The molecule has 15 heavy (non-hydrogen) atoms. The van der Waals surface area contributed by atoms with Gasteiger partial charge in [0, 0.05) is 25.5 Å². The van der Waals surface area contributed by atoms with Gasteiger partial charge in [-0.05, 0) is 6.42 Å². The number of aromatic nitrogens is 1. The maximum Gasteiger partial charge on any atom is 0.250 e. The summed E-state index contributed by atoms with van der Waals surface area (Å²) in [6, 6.07) is 0.501. The summed E-state index contributed by atoms with van der Waals surface area (Å²) in [5, 5.41) is -0.120. The third-order valence-electron chi connectivity index (χ3n) is 1.59. The molecule has 0 aromatic carbocycles. The van der Waals surface area contributed by atoms with Crippen LogP contribution in [0.1, 0.15) is 6.42 Å². The summed E-state index contributed by atoms with van der Waals surface area (Å²) in [6.07, 6.45) is 0.696. The Kier molecular flexibility index (Phi) is 4.90. The highest BCUT2D eigenvalue weighted by molar-refractivity contribution is 7.99. The summed E-state index contributed by atoms with van der Waals surface area (Å²) < 4.78 is 42.9. The van der Waals surface area contributed by atoms with Crippen molar-refractivity contribution in [3.05, 3.63) is 23.6 Å². The fraction of sp³-hybridized carbons (Fsp3) is 0.444. The fourth-order valence-electron chi connectivity index (χ4n) is 0.902. The zero-order chi connectivity index (χ0) is 11.3. The van der Waals surface area contributed by atoms with Gasteiger partial charge in [-0.15, -0.1) is 11.8 Å². The molecule has 0 bridgehead atoms. The number of thioether (sulfide) groups is 1. The van der Waals surface area contributed by atoms with E-state index >= 15 is 0 Å². The second-order valence-corrected chi connectivity index (χ2v) is 3.83. The van der Waals surface area contributed by atoms with Gasteiger partial charge in [-0.1, -0.05) is 0 Å².